The van der Waals surface area contributed by atoms with Crippen molar-refractivity contribution in [1.29, 1.82) is 0 Å². The first-order valence-corrected chi connectivity index (χ1v) is 5.08. The van der Waals surface area contributed by atoms with Crippen molar-refractivity contribution in [3.8, 4) is 0 Å². The molecule has 2 heterocycles. The maximum absolute atomic E-state index is 11.4. The largest absolute Gasteiger partial charge is 0.477 e. The normalized spacial score (nSPS) is 32.0. The van der Waals surface area contributed by atoms with Crippen molar-refractivity contribution in [2.75, 3.05) is 0 Å². The lowest BCUT2D eigenvalue weighted by Crippen LogP contribution is -2.60. The number of hydrogen-bond acceptors (Lipinski definition) is 4. The van der Waals surface area contributed by atoms with Gasteiger partial charge in [0.15, 0.2) is 0 Å². The van der Waals surface area contributed by atoms with Crippen LogP contribution in [-0.2, 0) is 9.59 Å². The summed E-state index contributed by atoms with van der Waals surface area (Å²) < 4.78 is 0. The minimum Gasteiger partial charge on any atom is -0.477 e. The molecule has 0 aromatic carbocycles. The average Bonchev–Trinajstić information content (AvgIpc) is 2.42. The fraction of sp³-hybridized carbons (Fsp3) is 0.500. The second-order valence-corrected chi connectivity index (χ2v) is 4.30. The predicted molar refractivity (Wildman–Crippen MR) is 49.1 cm³/mol. The number of hydrogen-bond donors (Lipinski definition) is 2. The predicted octanol–water partition coefficient (Wildman–Crippen LogP) is -0.176. The number of nitrogens with zero attached hydrogens (tertiary/aromatic N) is 1. The minimum atomic E-state index is -1.10. The van der Waals surface area contributed by atoms with Crippen molar-refractivity contribution in [3.63, 3.8) is 0 Å². The third-order valence-corrected chi connectivity index (χ3v) is 3.54. The Bertz CT molecular complexity index is 338. The number of carbonyl (C=O) groups excluding carboxylic acids is 1. The summed E-state index contributed by atoms with van der Waals surface area (Å²) in [6.45, 7) is 1.54. The highest BCUT2D eigenvalue weighted by Gasteiger charge is 2.55. The number of carboxylic acids is 1. The fourth-order valence-corrected chi connectivity index (χ4v) is 3.01. The summed E-state index contributed by atoms with van der Waals surface area (Å²) in [6.07, 6.45) is -0.724. The summed E-state index contributed by atoms with van der Waals surface area (Å²) in [7, 11) is 0. The smallest absolute Gasteiger partial charge is 0.353 e. The minimum absolute atomic E-state index is 0.0156. The van der Waals surface area contributed by atoms with Crippen LogP contribution in [0.4, 0.5) is 0 Å². The van der Waals surface area contributed by atoms with Gasteiger partial charge in [0.1, 0.15) is 11.1 Å². The van der Waals surface area contributed by atoms with E-state index in [1.807, 2.05) is 0 Å². The molecule has 5 nitrogen and oxygen atoms in total. The number of carbonyl (C=O) groups is 2. The molecule has 0 aromatic heterocycles. The number of carboxylic acid groups (broad SMARTS) is 1. The van der Waals surface area contributed by atoms with Crippen LogP contribution in [0.3, 0.4) is 0 Å². The molecule has 2 unspecified atom stereocenters. The fourth-order valence-electron chi connectivity index (χ4n) is 1.68. The number of amides is 1. The van der Waals surface area contributed by atoms with Gasteiger partial charge in [-0.2, -0.15) is 0 Å². The van der Waals surface area contributed by atoms with Crippen molar-refractivity contribution in [1.82, 2.24) is 4.90 Å². The summed E-state index contributed by atoms with van der Waals surface area (Å²) >= 11 is 1.27. The topological polar surface area (TPSA) is 77.8 Å². The average molecular weight is 215 g/mol. The lowest BCUT2D eigenvalue weighted by Gasteiger charge is -2.43. The van der Waals surface area contributed by atoms with E-state index in [9.17, 15) is 14.7 Å². The molecule has 2 aliphatic rings. The van der Waals surface area contributed by atoms with E-state index in [4.69, 9.17) is 5.11 Å². The van der Waals surface area contributed by atoms with Gasteiger partial charge < -0.3 is 10.2 Å². The number of thioether (sulfide) groups is 1. The van der Waals surface area contributed by atoms with Gasteiger partial charge in [-0.05, 0) is 6.92 Å². The van der Waals surface area contributed by atoms with E-state index in [0.717, 1.165) is 0 Å². The Morgan fingerprint density at radius 3 is 2.86 bits per heavy atom. The van der Waals surface area contributed by atoms with Gasteiger partial charge in [-0.25, -0.2) is 4.79 Å². The highest BCUT2D eigenvalue weighted by molar-refractivity contribution is 8.03. The van der Waals surface area contributed by atoms with Crippen LogP contribution in [0.25, 0.3) is 0 Å². The molecular formula is C8H9NO4S. The zero-order valence-corrected chi connectivity index (χ0v) is 8.19. The number of aliphatic carboxylic acids is 1. The molecule has 0 radical (unpaired) electrons. The molecule has 6 heteroatoms. The van der Waals surface area contributed by atoms with E-state index < -0.39 is 18.0 Å². The highest BCUT2D eigenvalue weighted by Crippen LogP contribution is 2.45. The molecule has 2 aliphatic heterocycles. The van der Waals surface area contributed by atoms with Crippen LogP contribution in [0.1, 0.15) is 6.92 Å². The van der Waals surface area contributed by atoms with Crippen LogP contribution in [-0.4, -0.2) is 38.5 Å². The third-order valence-electron chi connectivity index (χ3n) is 2.40. The van der Waals surface area contributed by atoms with Gasteiger partial charge in [-0.1, -0.05) is 0 Å². The molecule has 1 fully saturated rings. The Morgan fingerprint density at radius 2 is 2.36 bits per heavy atom. The quantitative estimate of drug-likeness (QED) is 0.625. The molecule has 0 saturated carbocycles. The van der Waals surface area contributed by atoms with Crippen molar-refractivity contribution in [2.24, 2.45) is 5.92 Å². The van der Waals surface area contributed by atoms with E-state index in [2.05, 4.69) is 0 Å². The van der Waals surface area contributed by atoms with Crippen LogP contribution < -0.4 is 0 Å². The first-order valence-electron chi connectivity index (χ1n) is 4.14. The van der Waals surface area contributed by atoms with Gasteiger partial charge in [0.25, 0.3) is 0 Å². The maximum atomic E-state index is 11.4. The van der Waals surface area contributed by atoms with Crippen LogP contribution in [0, 0.1) is 5.92 Å². The lowest BCUT2D eigenvalue weighted by atomic mass is 9.92. The molecule has 3 atom stereocenters. The molecule has 14 heavy (non-hydrogen) atoms. The Morgan fingerprint density at radius 1 is 1.71 bits per heavy atom. The van der Waals surface area contributed by atoms with Crippen molar-refractivity contribution in [3.05, 3.63) is 11.1 Å². The van der Waals surface area contributed by atoms with E-state index in [1.54, 1.807) is 6.92 Å². The van der Waals surface area contributed by atoms with Gasteiger partial charge in [0, 0.05) is 5.41 Å². The molecule has 0 bridgehead atoms. The zero-order chi connectivity index (χ0) is 10.5. The maximum Gasteiger partial charge on any atom is 0.353 e. The summed E-state index contributed by atoms with van der Waals surface area (Å²) in [4.78, 5) is 23.4. The van der Waals surface area contributed by atoms with E-state index in [1.165, 1.54) is 22.1 Å². The summed E-state index contributed by atoms with van der Waals surface area (Å²) in [5, 5.41) is 19.2. The molecule has 76 valence electrons. The highest BCUT2D eigenvalue weighted by atomic mass is 32.2. The molecule has 1 saturated heterocycles. The molecule has 2 rings (SSSR count). The first kappa shape index (κ1) is 9.54. The van der Waals surface area contributed by atoms with E-state index in [-0.39, 0.29) is 17.0 Å². The number of aliphatic hydroxyl groups excluding tert-OH is 1. The molecule has 0 aromatic rings. The molecule has 0 aliphatic carbocycles. The van der Waals surface area contributed by atoms with Crippen LogP contribution in [0.15, 0.2) is 11.1 Å². The SMILES string of the molecule is CC(O)C1C(=O)N2C(C(=O)O)=CS[C@@H]12. The molecular weight excluding hydrogens is 206 g/mol. The Hall–Kier alpha value is -1.01. The van der Waals surface area contributed by atoms with Crippen LogP contribution in [0.5, 0.6) is 0 Å². The van der Waals surface area contributed by atoms with Gasteiger partial charge in [-0.3, -0.25) is 9.69 Å². The van der Waals surface area contributed by atoms with Crippen molar-refractivity contribution >= 4 is 23.6 Å². The van der Waals surface area contributed by atoms with Crippen LogP contribution >= 0.6 is 11.8 Å². The van der Waals surface area contributed by atoms with E-state index in [0.29, 0.717) is 0 Å². The molecule has 2 N–H and O–H groups in total. The van der Waals surface area contributed by atoms with Gasteiger partial charge in [-0.15, -0.1) is 11.8 Å². The zero-order valence-electron chi connectivity index (χ0n) is 7.38. The van der Waals surface area contributed by atoms with Crippen molar-refractivity contribution < 1.29 is 19.8 Å². The number of β-lactam (4-membered cyclic amide) rings is 1. The number of aliphatic hydroxyl groups is 1. The Kier molecular flexibility index (Phi) is 2.04. The Labute approximate surface area is 84.4 Å². The van der Waals surface area contributed by atoms with E-state index >= 15 is 0 Å². The molecule has 0 spiro atoms. The van der Waals surface area contributed by atoms with Crippen molar-refractivity contribution in [2.45, 2.75) is 18.4 Å². The number of fused-ring (bicyclic) bond motifs is 1. The summed E-state index contributed by atoms with van der Waals surface area (Å²) in [5.41, 5.74) is 0.0156. The monoisotopic (exact) mass is 215 g/mol. The van der Waals surface area contributed by atoms with Gasteiger partial charge in [0.2, 0.25) is 5.91 Å². The third kappa shape index (κ3) is 1.07. The summed E-state index contributed by atoms with van der Waals surface area (Å²) in [5.74, 6) is -1.87. The molecule has 1 amide bonds. The first-order chi connectivity index (χ1) is 6.54. The second kappa shape index (κ2) is 2.99. The lowest BCUT2D eigenvalue weighted by molar-refractivity contribution is -0.156. The standard InChI is InChI=1S/C8H9NO4S/c1-3(10)5-6(11)9-4(8(12)13)2-14-7(5)9/h2-3,5,7,10H,1H3,(H,12,13)/t3?,5?,7-/m0/s1. The summed E-state index contributed by atoms with van der Waals surface area (Å²) in [6, 6.07) is 0. The van der Waals surface area contributed by atoms with Gasteiger partial charge >= 0.3 is 5.97 Å². The number of rotatable bonds is 2. The van der Waals surface area contributed by atoms with Gasteiger partial charge in [0.05, 0.1) is 12.0 Å². The van der Waals surface area contributed by atoms with Crippen LogP contribution in [0.2, 0.25) is 0 Å². The Balaban J connectivity index is 2.17. The second-order valence-electron chi connectivity index (χ2n) is 3.31.